The van der Waals surface area contributed by atoms with E-state index in [-0.39, 0.29) is 22.4 Å². The Morgan fingerprint density at radius 3 is 2.15 bits per heavy atom. The highest BCUT2D eigenvalue weighted by Gasteiger charge is 2.37. The molecule has 0 aromatic heterocycles. The fourth-order valence-electron chi connectivity index (χ4n) is 3.84. The van der Waals surface area contributed by atoms with Gasteiger partial charge in [0.05, 0.1) is 21.7 Å². The largest absolute Gasteiger partial charge is 0.416 e. The van der Waals surface area contributed by atoms with Gasteiger partial charge in [-0.25, -0.2) is 8.93 Å². The highest BCUT2D eigenvalue weighted by Crippen LogP contribution is 2.40. The molecule has 0 saturated heterocycles. The number of nitrogens with one attached hydrogen (secondary N) is 1. The summed E-state index contributed by atoms with van der Waals surface area (Å²) in [6.07, 6.45) is -9.94. The molecule has 11 heteroatoms. The van der Waals surface area contributed by atoms with Gasteiger partial charge in [-0.2, -0.15) is 26.3 Å². The average Bonchev–Trinajstić information content (AvgIpc) is 3.03. The van der Waals surface area contributed by atoms with Crippen LogP contribution in [0.3, 0.4) is 0 Å². The third-order valence-electron chi connectivity index (χ3n) is 5.32. The molecule has 0 bridgehead atoms. The van der Waals surface area contributed by atoms with Crippen LogP contribution in [0.1, 0.15) is 34.0 Å². The minimum atomic E-state index is -4.97. The lowest BCUT2D eigenvalue weighted by molar-refractivity contribution is -0.143. The van der Waals surface area contributed by atoms with Gasteiger partial charge in [-0.05, 0) is 48.9 Å². The van der Waals surface area contributed by atoms with Crippen molar-refractivity contribution in [3.05, 3.63) is 70.8 Å². The minimum Gasteiger partial charge on any atom is -0.308 e. The van der Waals surface area contributed by atoms with Crippen molar-refractivity contribution in [3.63, 3.8) is 0 Å². The Hall–Kier alpha value is -2.92. The fourth-order valence-corrected chi connectivity index (χ4v) is 4.86. The Labute approximate surface area is 186 Å². The zero-order chi connectivity index (χ0) is 24.1. The van der Waals surface area contributed by atoms with E-state index in [2.05, 4.69) is 4.72 Å². The molecule has 1 aliphatic rings. The first-order valence-corrected chi connectivity index (χ1v) is 10.9. The van der Waals surface area contributed by atoms with Crippen LogP contribution in [0.2, 0.25) is 0 Å². The molecule has 174 valence electrons. The van der Waals surface area contributed by atoms with Crippen LogP contribution < -0.4 is 9.62 Å². The van der Waals surface area contributed by atoms with Crippen molar-refractivity contribution in [1.82, 2.24) is 4.72 Å². The van der Waals surface area contributed by atoms with E-state index in [1.54, 1.807) is 29.2 Å². The van der Waals surface area contributed by atoms with Gasteiger partial charge in [-0.1, -0.05) is 12.1 Å². The van der Waals surface area contributed by atoms with Crippen LogP contribution in [-0.2, 0) is 29.9 Å². The Morgan fingerprint density at radius 2 is 1.58 bits per heavy atom. The van der Waals surface area contributed by atoms with Crippen LogP contribution in [0.4, 0.5) is 32.0 Å². The van der Waals surface area contributed by atoms with Crippen LogP contribution in [0.15, 0.2) is 53.4 Å². The number of amides is 1. The predicted octanol–water partition coefficient (Wildman–Crippen LogP) is 5.67. The number of hydrogen-bond donors (Lipinski definition) is 1. The van der Waals surface area contributed by atoms with Gasteiger partial charge < -0.3 is 4.90 Å². The Morgan fingerprint density at radius 1 is 0.939 bits per heavy atom. The molecule has 1 amide bonds. The van der Waals surface area contributed by atoms with E-state index in [1.807, 2.05) is 6.92 Å². The van der Waals surface area contributed by atoms with Gasteiger partial charge in [0.25, 0.3) is 5.91 Å². The number of carbonyl (C=O) groups excluding carboxylic acids is 1. The molecule has 1 atom stereocenters. The van der Waals surface area contributed by atoms with Gasteiger partial charge >= 0.3 is 12.4 Å². The standard InChI is InChI=1S/C22H16F6N2O2S/c1-2-30-17-6-7-18(15-4-3-5-16(19(15)17)20(30)31)33(32)29-11-12-8-13(21(23,24)25)10-14(9-12)22(26,27)28/h3-10,29H,2,11H2,1H3. The Kier molecular flexibility index (Phi) is 5.73. The lowest BCUT2D eigenvalue weighted by Crippen LogP contribution is -2.25. The van der Waals surface area contributed by atoms with Crippen LogP contribution in [0, 0.1) is 0 Å². The first-order chi connectivity index (χ1) is 15.4. The summed E-state index contributed by atoms with van der Waals surface area (Å²) in [5.41, 5.74) is -2.10. The SMILES string of the molecule is CCN1C(=O)c2cccc3c(S(=O)NCc4cc(C(F)(F)F)cc(C(F)(F)F)c4)ccc1c23. The number of halogens is 6. The molecule has 0 aliphatic carbocycles. The van der Waals surface area contributed by atoms with Crippen molar-refractivity contribution in [2.75, 3.05) is 11.4 Å². The summed E-state index contributed by atoms with van der Waals surface area (Å²) in [4.78, 5) is 14.4. The van der Waals surface area contributed by atoms with Gasteiger partial charge in [-0.3, -0.25) is 4.79 Å². The topological polar surface area (TPSA) is 49.4 Å². The number of carbonyl (C=O) groups is 1. The maximum atomic E-state index is 13.1. The third kappa shape index (κ3) is 4.22. The third-order valence-corrected chi connectivity index (χ3v) is 6.48. The number of benzene rings is 3. The molecule has 0 saturated carbocycles. The molecule has 1 heterocycles. The first kappa shape index (κ1) is 23.2. The smallest absolute Gasteiger partial charge is 0.308 e. The second-order valence-electron chi connectivity index (χ2n) is 7.36. The quantitative estimate of drug-likeness (QED) is 0.473. The summed E-state index contributed by atoms with van der Waals surface area (Å²) in [6.45, 7) is 1.75. The molecule has 0 radical (unpaired) electrons. The van der Waals surface area contributed by atoms with E-state index in [4.69, 9.17) is 0 Å². The lowest BCUT2D eigenvalue weighted by Gasteiger charge is -2.16. The molecule has 0 spiro atoms. The van der Waals surface area contributed by atoms with Gasteiger partial charge in [-0.15, -0.1) is 0 Å². The van der Waals surface area contributed by atoms with E-state index in [0.717, 1.165) is 0 Å². The van der Waals surface area contributed by atoms with Crippen molar-refractivity contribution in [2.45, 2.75) is 30.7 Å². The number of hydrogen-bond acceptors (Lipinski definition) is 2. The van der Waals surface area contributed by atoms with Gasteiger partial charge in [0, 0.05) is 29.4 Å². The highest BCUT2D eigenvalue weighted by atomic mass is 32.2. The van der Waals surface area contributed by atoms with Gasteiger partial charge in [0.1, 0.15) is 11.0 Å². The molecule has 4 rings (SSSR count). The lowest BCUT2D eigenvalue weighted by atomic mass is 10.0. The number of alkyl halides is 6. The average molecular weight is 486 g/mol. The van der Waals surface area contributed by atoms with E-state index < -0.39 is 41.0 Å². The zero-order valence-electron chi connectivity index (χ0n) is 17.0. The summed E-state index contributed by atoms with van der Waals surface area (Å²) in [6, 6.07) is 9.30. The van der Waals surface area contributed by atoms with Crippen LogP contribution in [0.5, 0.6) is 0 Å². The summed E-state index contributed by atoms with van der Waals surface area (Å²) in [7, 11) is -1.97. The molecule has 0 fully saturated rings. The summed E-state index contributed by atoms with van der Waals surface area (Å²) < 4.78 is 93.8. The molecule has 1 aliphatic heterocycles. The monoisotopic (exact) mass is 486 g/mol. The van der Waals surface area contributed by atoms with Crippen molar-refractivity contribution in [3.8, 4) is 0 Å². The van der Waals surface area contributed by atoms with E-state index in [9.17, 15) is 35.3 Å². The van der Waals surface area contributed by atoms with Crippen molar-refractivity contribution in [1.29, 1.82) is 0 Å². The van der Waals surface area contributed by atoms with Gasteiger partial charge in [0.15, 0.2) is 0 Å². The van der Waals surface area contributed by atoms with E-state index in [0.29, 0.717) is 40.7 Å². The maximum Gasteiger partial charge on any atom is 0.416 e. The Bertz CT molecular complexity index is 1250. The molecule has 4 nitrogen and oxygen atoms in total. The summed E-state index contributed by atoms with van der Waals surface area (Å²) in [5.74, 6) is -0.197. The second-order valence-corrected chi connectivity index (χ2v) is 8.63. The normalized spacial score (nSPS) is 14.9. The number of anilines is 1. The Balaban J connectivity index is 1.66. The molecule has 1 unspecified atom stereocenters. The van der Waals surface area contributed by atoms with Crippen LogP contribution >= 0.6 is 0 Å². The molecular weight excluding hydrogens is 470 g/mol. The maximum absolute atomic E-state index is 13.1. The number of rotatable bonds is 5. The molecule has 33 heavy (non-hydrogen) atoms. The number of nitrogens with zero attached hydrogens (tertiary/aromatic N) is 1. The zero-order valence-corrected chi connectivity index (χ0v) is 17.8. The summed E-state index contributed by atoms with van der Waals surface area (Å²) >= 11 is 0. The van der Waals surface area contributed by atoms with Crippen LogP contribution in [-0.4, -0.2) is 16.7 Å². The van der Waals surface area contributed by atoms with Crippen molar-refractivity contribution < 1.29 is 35.3 Å². The van der Waals surface area contributed by atoms with Gasteiger partial charge in [0.2, 0.25) is 0 Å². The minimum absolute atomic E-state index is 0.0419. The molecule has 3 aromatic rings. The highest BCUT2D eigenvalue weighted by molar-refractivity contribution is 7.83. The summed E-state index contributed by atoms with van der Waals surface area (Å²) in [5, 5.41) is 1.12. The molecule has 1 N–H and O–H groups in total. The molecular formula is C22H16F6N2O2S. The van der Waals surface area contributed by atoms with Crippen molar-refractivity contribution >= 4 is 33.4 Å². The molecule has 3 aromatic carbocycles. The predicted molar refractivity (Wildman–Crippen MR) is 111 cm³/mol. The van der Waals surface area contributed by atoms with Crippen LogP contribution in [0.25, 0.3) is 10.8 Å². The second kappa shape index (κ2) is 8.14. The van der Waals surface area contributed by atoms with Crippen molar-refractivity contribution in [2.24, 2.45) is 0 Å². The van der Waals surface area contributed by atoms with E-state index in [1.165, 1.54) is 6.07 Å². The fraction of sp³-hybridized carbons (Fsp3) is 0.227. The van der Waals surface area contributed by atoms with E-state index >= 15 is 0 Å². The first-order valence-electron chi connectivity index (χ1n) is 9.73.